The van der Waals surface area contributed by atoms with Crippen molar-refractivity contribution in [3.8, 4) is 11.6 Å². The summed E-state index contributed by atoms with van der Waals surface area (Å²) in [4.78, 5) is 21.1. The van der Waals surface area contributed by atoms with Gasteiger partial charge < -0.3 is 9.84 Å². The number of hydrogen-bond donors (Lipinski definition) is 1. The van der Waals surface area contributed by atoms with Gasteiger partial charge in [-0.15, -0.1) is 11.8 Å². The van der Waals surface area contributed by atoms with Crippen molar-refractivity contribution in [3.63, 3.8) is 0 Å². The predicted molar refractivity (Wildman–Crippen MR) is 115 cm³/mol. The highest BCUT2D eigenvalue weighted by Gasteiger charge is 2.16. The van der Waals surface area contributed by atoms with E-state index in [-0.39, 0.29) is 28.9 Å². The molecule has 30 heavy (non-hydrogen) atoms. The SMILES string of the molecule is CC(C)(O)COc1ncc(-n2ccnc(SCCc3ccc(F)cc3)c2=O)cc1Cl. The smallest absolute Gasteiger partial charge is 0.287 e. The summed E-state index contributed by atoms with van der Waals surface area (Å²) in [7, 11) is 0. The van der Waals surface area contributed by atoms with E-state index < -0.39 is 5.60 Å². The summed E-state index contributed by atoms with van der Waals surface area (Å²) in [5.41, 5.74) is 0.150. The molecule has 6 nitrogen and oxygen atoms in total. The molecule has 2 aromatic heterocycles. The zero-order valence-corrected chi connectivity index (χ0v) is 18.1. The van der Waals surface area contributed by atoms with Crippen LogP contribution in [-0.4, -0.2) is 37.6 Å². The Labute approximate surface area is 182 Å². The Hall–Kier alpha value is -2.42. The van der Waals surface area contributed by atoms with Crippen LogP contribution in [-0.2, 0) is 6.42 Å². The quantitative estimate of drug-likeness (QED) is 0.525. The fourth-order valence-corrected chi connectivity index (χ4v) is 3.61. The Morgan fingerprint density at radius 2 is 2.00 bits per heavy atom. The van der Waals surface area contributed by atoms with Crippen molar-refractivity contribution < 1.29 is 14.2 Å². The van der Waals surface area contributed by atoms with Crippen molar-refractivity contribution in [2.24, 2.45) is 0 Å². The van der Waals surface area contributed by atoms with Gasteiger partial charge in [0.25, 0.3) is 5.56 Å². The van der Waals surface area contributed by atoms with Gasteiger partial charge in [-0.1, -0.05) is 23.7 Å². The predicted octanol–water partition coefficient (Wildman–Crippen LogP) is 3.90. The lowest BCUT2D eigenvalue weighted by atomic mass is 10.2. The zero-order valence-electron chi connectivity index (χ0n) is 16.5. The first kappa shape index (κ1) is 22.3. The van der Waals surface area contributed by atoms with Crippen LogP contribution >= 0.6 is 23.4 Å². The topological polar surface area (TPSA) is 77.2 Å². The standard InChI is InChI=1S/C21H21ClFN3O3S/c1-21(2,28)13-29-18-17(22)11-16(12-25-18)26-9-8-24-19(20(26)27)30-10-7-14-3-5-15(23)6-4-14/h3-6,8-9,11-12,28H,7,10,13H2,1-2H3. The molecule has 158 valence electrons. The molecule has 0 unspecified atom stereocenters. The van der Waals surface area contributed by atoms with Crippen LogP contribution in [0, 0.1) is 5.82 Å². The fraction of sp³-hybridized carbons (Fsp3) is 0.286. The Bertz CT molecular complexity index is 1070. The molecule has 0 aliphatic heterocycles. The number of halogens is 2. The van der Waals surface area contributed by atoms with Gasteiger partial charge in [0, 0.05) is 18.1 Å². The first-order valence-electron chi connectivity index (χ1n) is 9.19. The van der Waals surface area contributed by atoms with Crippen molar-refractivity contribution in [2.75, 3.05) is 12.4 Å². The van der Waals surface area contributed by atoms with Crippen LogP contribution < -0.4 is 10.3 Å². The van der Waals surface area contributed by atoms with Crippen LogP contribution in [0.25, 0.3) is 5.69 Å². The number of ether oxygens (including phenoxy) is 1. The van der Waals surface area contributed by atoms with Crippen molar-refractivity contribution in [3.05, 3.63) is 75.7 Å². The largest absolute Gasteiger partial charge is 0.474 e. The van der Waals surface area contributed by atoms with E-state index in [1.807, 2.05) is 0 Å². The van der Waals surface area contributed by atoms with Gasteiger partial charge in [-0.2, -0.15) is 0 Å². The minimum absolute atomic E-state index is 0.0309. The molecule has 0 radical (unpaired) electrons. The van der Waals surface area contributed by atoms with E-state index in [0.717, 1.165) is 5.56 Å². The summed E-state index contributed by atoms with van der Waals surface area (Å²) in [6, 6.07) is 7.85. The van der Waals surface area contributed by atoms with Crippen LogP contribution in [0.5, 0.6) is 5.88 Å². The molecule has 0 bridgehead atoms. The van der Waals surface area contributed by atoms with E-state index in [2.05, 4.69) is 9.97 Å². The second-order valence-corrected chi connectivity index (χ2v) is 8.70. The molecule has 0 aliphatic rings. The molecular formula is C21H21ClFN3O3S. The second-order valence-electron chi connectivity index (χ2n) is 7.21. The molecule has 0 amide bonds. The van der Waals surface area contributed by atoms with Crippen LogP contribution in [0.3, 0.4) is 0 Å². The summed E-state index contributed by atoms with van der Waals surface area (Å²) in [6.07, 6.45) is 5.23. The van der Waals surface area contributed by atoms with Crippen LogP contribution in [0.1, 0.15) is 19.4 Å². The molecule has 1 N–H and O–H groups in total. The third kappa shape index (κ3) is 6.04. The minimum Gasteiger partial charge on any atom is -0.474 e. The first-order chi connectivity index (χ1) is 14.2. The van der Waals surface area contributed by atoms with Gasteiger partial charge in [-0.05, 0) is 44.0 Å². The molecule has 3 aromatic rings. The highest BCUT2D eigenvalue weighted by atomic mass is 35.5. The normalized spacial score (nSPS) is 11.5. The molecule has 0 atom stereocenters. The number of hydrogen-bond acceptors (Lipinski definition) is 6. The van der Waals surface area contributed by atoms with Gasteiger partial charge in [-0.25, -0.2) is 14.4 Å². The van der Waals surface area contributed by atoms with Crippen molar-refractivity contribution in [1.29, 1.82) is 0 Å². The molecule has 1 aromatic carbocycles. The Morgan fingerprint density at radius 3 is 2.67 bits per heavy atom. The van der Waals surface area contributed by atoms with Gasteiger partial charge in [0.1, 0.15) is 17.4 Å². The third-order valence-electron chi connectivity index (χ3n) is 3.99. The number of thioether (sulfide) groups is 1. The van der Waals surface area contributed by atoms with Crippen LogP contribution in [0.15, 0.2) is 58.7 Å². The average molecular weight is 450 g/mol. The summed E-state index contributed by atoms with van der Waals surface area (Å²) in [5, 5.41) is 10.3. The Balaban J connectivity index is 1.71. The highest BCUT2D eigenvalue weighted by molar-refractivity contribution is 7.99. The summed E-state index contributed by atoms with van der Waals surface area (Å²) in [6.45, 7) is 3.26. The minimum atomic E-state index is -1.02. The number of aromatic nitrogens is 3. The maximum atomic E-state index is 13.0. The molecule has 0 saturated carbocycles. The number of aryl methyl sites for hydroxylation is 1. The molecule has 0 saturated heterocycles. The van der Waals surface area contributed by atoms with E-state index in [9.17, 15) is 14.3 Å². The second kappa shape index (κ2) is 9.59. The Morgan fingerprint density at radius 1 is 1.27 bits per heavy atom. The maximum absolute atomic E-state index is 13.0. The molecular weight excluding hydrogens is 429 g/mol. The lowest BCUT2D eigenvalue weighted by molar-refractivity contribution is 0.0269. The monoisotopic (exact) mass is 449 g/mol. The summed E-state index contributed by atoms with van der Waals surface area (Å²) in [5.74, 6) is 0.530. The van der Waals surface area contributed by atoms with Gasteiger partial charge in [0.15, 0.2) is 5.03 Å². The molecule has 9 heteroatoms. The highest BCUT2D eigenvalue weighted by Crippen LogP contribution is 2.25. The molecule has 2 heterocycles. The van der Waals surface area contributed by atoms with E-state index in [4.69, 9.17) is 16.3 Å². The van der Waals surface area contributed by atoms with Crippen molar-refractivity contribution >= 4 is 23.4 Å². The lowest BCUT2D eigenvalue weighted by Crippen LogP contribution is -2.28. The summed E-state index contributed by atoms with van der Waals surface area (Å²) < 4.78 is 19.8. The van der Waals surface area contributed by atoms with Crippen molar-refractivity contribution in [2.45, 2.75) is 30.9 Å². The molecule has 3 rings (SSSR count). The van der Waals surface area contributed by atoms with Gasteiger partial charge >= 0.3 is 0 Å². The van der Waals surface area contributed by atoms with E-state index in [1.165, 1.54) is 47.1 Å². The molecule has 0 aliphatic carbocycles. The molecule has 0 fully saturated rings. The Kier molecular flexibility index (Phi) is 7.12. The fourth-order valence-electron chi connectivity index (χ4n) is 2.51. The van der Waals surface area contributed by atoms with Crippen molar-refractivity contribution in [1.82, 2.24) is 14.5 Å². The van der Waals surface area contributed by atoms with Gasteiger partial charge in [-0.3, -0.25) is 9.36 Å². The number of pyridine rings is 1. The lowest BCUT2D eigenvalue weighted by Gasteiger charge is -2.18. The zero-order chi connectivity index (χ0) is 21.7. The molecule has 0 spiro atoms. The van der Waals surface area contributed by atoms with Crippen LogP contribution in [0.2, 0.25) is 5.02 Å². The maximum Gasteiger partial charge on any atom is 0.287 e. The number of nitrogens with zero attached hydrogens (tertiary/aromatic N) is 3. The van der Waals surface area contributed by atoms with Gasteiger partial charge in [0.2, 0.25) is 5.88 Å². The average Bonchev–Trinajstić information content (AvgIpc) is 2.69. The van der Waals surface area contributed by atoms with E-state index >= 15 is 0 Å². The number of aliphatic hydroxyl groups is 1. The first-order valence-corrected chi connectivity index (χ1v) is 10.6. The van der Waals surface area contributed by atoms with E-state index in [1.54, 1.807) is 32.0 Å². The number of rotatable bonds is 8. The number of benzene rings is 1. The van der Waals surface area contributed by atoms with Gasteiger partial charge in [0.05, 0.1) is 17.5 Å². The summed E-state index contributed by atoms with van der Waals surface area (Å²) >= 11 is 7.56. The third-order valence-corrected chi connectivity index (χ3v) is 5.22. The van der Waals surface area contributed by atoms with E-state index in [0.29, 0.717) is 22.9 Å². The van der Waals surface area contributed by atoms with Crippen LogP contribution in [0.4, 0.5) is 4.39 Å².